The summed E-state index contributed by atoms with van der Waals surface area (Å²) in [6.07, 6.45) is 3.49. The molecule has 0 saturated heterocycles. The zero-order chi connectivity index (χ0) is 8.55. The molecule has 62 valence electrons. The average Bonchev–Trinajstić information content (AvgIpc) is 2.44. The first kappa shape index (κ1) is 7.09. The number of rotatable bonds is 1. The Bertz CT molecular complexity index is 404. The summed E-state index contributed by atoms with van der Waals surface area (Å²) in [6, 6.07) is 1.92. The highest BCUT2D eigenvalue weighted by Gasteiger charge is 2.04. The van der Waals surface area contributed by atoms with Crippen LogP contribution in [0.5, 0.6) is 0 Å². The Balaban J connectivity index is 2.82. The summed E-state index contributed by atoms with van der Waals surface area (Å²) in [5, 5.41) is 5.09. The lowest BCUT2D eigenvalue weighted by Crippen LogP contribution is -1.96. The minimum absolute atomic E-state index is 0.556. The Labute approximate surface area is 70.0 Å². The number of hydrogen-bond acceptors (Lipinski definition) is 3. The molecule has 0 unspecified atom stereocenters. The molecular formula is C8H10N4. The summed E-state index contributed by atoms with van der Waals surface area (Å²) in [6.45, 7) is 2.87. The monoisotopic (exact) mass is 162 g/mol. The van der Waals surface area contributed by atoms with Gasteiger partial charge in [0.25, 0.3) is 0 Å². The lowest BCUT2D eigenvalue weighted by Gasteiger charge is -1.94. The van der Waals surface area contributed by atoms with Crippen LogP contribution in [0.1, 0.15) is 6.92 Å². The van der Waals surface area contributed by atoms with E-state index < -0.39 is 0 Å². The third-order valence-corrected chi connectivity index (χ3v) is 1.88. The zero-order valence-electron chi connectivity index (χ0n) is 6.86. The van der Waals surface area contributed by atoms with Crippen LogP contribution in [0, 0.1) is 0 Å². The molecule has 0 aliphatic carbocycles. The molecule has 0 spiro atoms. The molecule has 0 radical (unpaired) electrons. The van der Waals surface area contributed by atoms with Crippen molar-refractivity contribution in [2.75, 3.05) is 5.73 Å². The molecule has 4 heteroatoms. The normalized spacial score (nSPS) is 10.8. The van der Waals surface area contributed by atoms with Gasteiger partial charge in [0.1, 0.15) is 0 Å². The molecule has 2 N–H and O–H groups in total. The largest absolute Gasteiger partial charge is 0.382 e. The Morgan fingerprint density at radius 3 is 3.17 bits per heavy atom. The van der Waals surface area contributed by atoms with Crippen molar-refractivity contribution in [1.29, 1.82) is 0 Å². The molecule has 2 aromatic rings. The van der Waals surface area contributed by atoms with Crippen molar-refractivity contribution >= 4 is 16.7 Å². The summed E-state index contributed by atoms with van der Waals surface area (Å²) < 4.78 is 1.87. The standard InChI is InChI=1S/C8H10N4/c1-2-12-7-3-4-10-5-6(7)8(9)11-12/h3-5H,2H2,1H3,(H2,9,11). The SMILES string of the molecule is CCn1nc(N)c2cnccc21. The van der Waals surface area contributed by atoms with Gasteiger partial charge < -0.3 is 5.73 Å². The number of hydrogen-bond donors (Lipinski definition) is 1. The lowest BCUT2D eigenvalue weighted by atomic mass is 10.3. The summed E-state index contributed by atoms with van der Waals surface area (Å²) in [5.74, 6) is 0.556. The van der Waals surface area contributed by atoms with Crippen LogP contribution in [-0.2, 0) is 6.54 Å². The second-order valence-corrected chi connectivity index (χ2v) is 2.59. The van der Waals surface area contributed by atoms with E-state index in [1.54, 1.807) is 12.4 Å². The van der Waals surface area contributed by atoms with Gasteiger partial charge in [0.15, 0.2) is 5.82 Å². The quantitative estimate of drug-likeness (QED) is 0.681. The highest BCUT2D eigenvalue weighted by Crippen LogP contribution is 2.17. The predicted molar refractivity (Wildman–Crippen MR) is 47.6 cm³/mol. The Hall–Kier alpha value is -1.58. The second-order valence-electron chi connectivity index (χ2n) is 2.59. The van der Waals surface area contributed by atoms with Crippen molar-refractivity contribution in [2.24, 2.45) is 0 Å². The van der Waals surface area contributed by atoms with Gasteiger partial charge in [0.05, 0.1) is 10.9 Å². The number of aromatic nitrogens is 3. The topological polar surface area (TPSA) is 56.7 Å². The first-order chi connectivity index (χ1) is 5.83. The number of nitrogens with two attached hydrogens (primary N) is 1. The molecule has 2 rings (SSSR count). The van der Waals surface area contributed by atoms with E-state index in [9.17, 15) is 0 Å². The number of anilines is 1. The highest BCUT2D eigenvalue weighted by atomic mass is 15.3. The molecule has 0 amide bonds. The Morgan fingerprint density at radius 1 is 1.58 bits per heavy atom. The van der Waals surface area contributed by atoms with E-state index in [0.717, 1.165) is 17.4 Å². The van der Waals surface area contributed by atoms with E-state index in [0.29, 0.717) is 5.82 Å². The molecule has 2 heterocycles. The van der Waals surface area contributed by atoms with Crippen LogP contribution < -0.4 is 5.73 Å². The van der Waals surface area contributed by atoms with Crippen LogP contribution >= 0.6 is 0 Å². The first-order valence-electron chi connectivity index (χ1n) is 3.89. The molecular weight excluding hydrogens is 152 g/mol. The first-order valence-corrected chi connectivity index (χ1v) is 3.89. The summed E-state index contributed by atoms with van der Waals surface area (Å²) in [7, 11) is 0. The smallest absolute Gasteiger partial charge is 0.154 e. The van der Waals surface area contributed by atoms with Crippen molar-refractivity contribution in [2.45, 2.75) is 13.5 Å². The molecule has 0 aromatic carbocycles. The molecule has 2 aromatic heterocycles. The van der Waals surface area contributed by atoms with Gasteiger partial charge in [-0.1, -0.05) is 0 Å². The van der Waals surface area contributed by atoms with Crippen LogP contribution in [0.3, 0.4) is 0 Å². The van der Waals surface area contributed by atoms with E-state index in [1.807, 2.05) is 17.7 Å². The van der Waals surface area contributed by atoms with Gasteiger partial charge in [-0.3, -0.25) is 9.67 Å². The van der Waals surface area contributed by atoms with Gasteiger partial charge in [0, 0.05) is 18.9 Å². The fourth-order valence-corrected chi connectivity index (χ4v) is 1.29. The van der Waals surface area contributed by atoms with Crippen molar-refractivity contribution in [3.8, 4) is 0 Å². The van der Waals surface area contributed by atoms with Crippen molar-refractivity contribution in [3.63, 3.8) is 0 Å². The van der Waals surface area contributed by atoms with Crippen molar-refractivity contribution in [1.82, 2.24) is 14.8 Å². The molecule has 4 nitrogen and oxygen atoms in total. The minimum atomic E-state index is 0.556. The summed E-state index contributed by atoms with van der Waals surface area (Å²) in [5.41, 5.74) is 6.73. The maximum atomic E-state index is 5.68. The molecule has 0 fully saturated rings. The summed E-state index contributed by atoms with van der Waals surface area (Å²) in [4.78, 5) is 3.99. The Kier molecular flexibility index (Phi) is 1.46. The lowest BCUT2D eigenvalue weighted by molar-refractivity contribution is 0.687. The molecule has 0 atom stereocenters. The third-order valence-electron chi connectivity index (χ3n) is 1.88. The maximum Gasteiger partial charge on any atom is 0.154 e. The average molecular weight is 162 g/mol. The van der Waals surface area contributed by atoms with E-state index in [-0.39, 0.29) is 0 Å². The van der Waals surface area contributed by atoms with E-state index in [1.165, 1.54) is 0 Å². The van der Waals surface area contributed by atoms with Gasteiger partial charge in [-0.05, 0) is 13.0 Å². The zero-order valence-corrected chi connectivity index (χ0v) is 6.86. The number of fused-ring (bicyclic) bond motifs is 1. The van der Waals surface area contributed by atoms with Gasteiger partial charge in [-0.15, -0.1) is 0 Å². The maximum absolute atomic E-state index is 5.68. The highest BCUT2D eigenvalue weighted by molar-refractivity contribution is 5.88. The minimum Gasteiger partial charge on any atom is -0.382 e. The van der Waals surface area contributed by atoms with Crippen LogP contribution in [0.2, 0.25) is 0 Å². The van der Waals surface area contributed by atoms with Crippen LogP contribution in [0.4, 0.5) is 5.82 Å². The molecule has 0 aliphatic rings. The number of nitrogen functional groups attached to an aromatic ring is 1. The Morgan fingerprint density at radius 2 is 2.42 bits per heavy atom. The van der Waals surface area contributed by atoms with Crippen LogP contribution in [-0.4, -0.2) is 14.8 Å². The van der Waals surface area contributed by atoms with Crippen LogP contribution in [0.25, 0.3) is 10.9 Å². The number of aryl methyl sites for hydroxylation is 1. The third kappa shape index (κ3) is 0.845. The molecule has 0 saturated carbocycles. The van der Waals surface area contributed by atoms with Gasteiger partial charge in [0.2, 0.25) is 0 Å². The van der Waals surface area contributed by atoms with Crippen molar-refractivity contribution < 1.29 is 0 Å². The van der Waals surface area contributed by atoms with E-state index >= 15 is 0 Å². The number of pyridine rings is 1. The van der Waals surface area contributed by atoms with E-state index in [4.69, 9.17) is 5.73 Å². The molecule has 0 aliphatic heterocycles. The fourth-order valence-electron chi connectivity index (χ4n) is 1.29. The molecule has 12 heavy (non-hydrogen) atoms. The van der Waals surface area contributed by atoms with E-state index in [2.05, 4.69) is 10.1 Å². The van der Waals surface area contributed by atoms with Gasteiger partial charge in [-0.25, -0.2) is 0 Å². The molecule has 0 bridgehead atoms. The summed E-state index contributed by atoms with van der Waals surface area (Å²) >= 11 is 0. The van der Waals surface area contributed by atoms with Gasteiger partial charge >= 0.3 is 0 Å². The predicted octanol–water partition coefficient (Wildman–Crippen LogP) is 1.03. The van der Waals surface area contributed by atoms with Crippen LogP contribution in [0.15, 0.2) is 18.5 Å². The second kappa shape index (κ2) is 2.48. The van der Waals surface area contributed by atoms with Crippen molar-refractivity contribution in [3.05, 3.63) is 18.5 Å². The fraction of sp³-hybridized carbons (Fsp3) is 0.250. The number of nitrogens with zero attached hydrogens (tertiary/aromatic N) is 3. The van der Waals surface area contributed by atoms with Gasteiger partial charge in [-0.2, -0.15) is 5.10 Å².